The molecule has 1 aromatic rings. The van der Waals surface area contributed by atoms with Crippen LogP contribution in [0, 0.1) is 18.8 Å². The van der Waals surface area contributed by atoms with E-state index in [-0.39, 0.29) is 18.4 Å². The number of aryl methyl sites for hydroxylation is 1. The van der Waals surface area contributed by atoms with E-state index >= 15 is 0 Å². The van der Waals surface area contributed by atoms with Crippen molar-refractivity contribution in [1.82, 2.24) is 9.55 Å². The average molecular weight is 282 g/mol. The molecule has 0 saturated carbocycles. The van der Waals surface area contributed by atoms with Gasteiger partial charge in [-0.15, -0.1) is 0 Å². The summed E-state index contributed by atoms with van der Waals surface area (Å²) in [5.74, 6) is 0.0456. The summed E-state index contributed by atoms with van der Waals surface area (Å²) in [6, 6.07) is 0. The second kappa shape index (κ2) is 4.54. The van der Waals surface area contributed by atoms with Gasteiger partial charge in [-0.05, 0) is 12.8 Å². The van der Waals surface area contributed by atoms with E-state index in [1.807, 2.05) is 6.92 Å². The highest BCUT2D eigenvalue weighted by Gasteiger charge is 2.56. The van der Waals surface area contributed by atoms with Crippen molar-refractivity contribution in [3.8, 4) is 0 Å². The number of H-pyrrole nitrogens is 1. The monoisotopic (exact) mass is 282 g/mol. The highest BCUT2D eigenvalue weighted by molar-refractivity contribution is 5.05. The molecule has 20 heavy (non-hydrogen) atoms. The Balaban J connectivity index is 2.06. The molecule has 7 heteroatoms. The highest BCUT2D eigenvalue weighted by atomic mass is 16.6. The molecular weight excluding hydrogens is 264 g/mol. The average Bonchev–Trinajstić information content (AvgIpc) is 2.60. The summed E-state index contributed by atoms with van der Waals surface area (Å²) in [6.07, 6.45) is 0.979. The van der Waals surface area contributed by atoms with Crippen molar-refractivity contribution in [2.24, 2.45) is 11.8 Å². The van der Waals surface area contributed by atoms with Crippen LogP contribution in [0.4, 0.5) is 0 Å². The maximum atomic E-state index is 12.0. The van der Waals surface area contributed by atoms with Gasteiger partial charge < -0.3 is 14.6 Å². The maximum Gasteiger partial charge on any atom is 0.330 e. The number of fused-ring (bicyclic) bond motifs is 2. The molecule has 0 amide bonds. The molecule has 2 saturated heterocycles. The summed E-state index contributed by atoms with van der Waals surface area (Å²) in [6.45, 7) is 4.26. The zero-order chi connectivity index (χ0) is 14.5. The van der Waals surface area contributed by atoms with E-state index < -0.39 is 23.1 Å². The summed E-state index contributed by atoms with van der Waals surface area (Å²) in [5, 5.41) is 9.62. The van der Waals surface area contributed by atoms with E-state index in [1.165, 1.54) is 10.8 Å². The Labute approximate surface area is 115 Å². The maximum absolute atomic E-state index is 12.0. The molecule has 0 aromatic carbocycles. The molecule has 1 unspecified atom stereocenters. The van der Waals surface area contributed by atoms with E-state index in [0.29, 0.717) is 18.8 Å². The number of aliphatic hydroxyl groups is 1. The fourth-order valence-corrected chi connectivity index (χ4v) is 3.10. The van der Waals surface area contributed by atoms with Gasteiger partial charge in [0.1, 0.15) is 11.8 Å². The first-order valence-corrected chi connectivity index (χ1v) is 6.67. The molecule has 3 rings (SSSR count). The lowest BCUT2D eigenvalue weighted by molar-refractivity contribution is -0.139. The first kappa shape index (κ1) is 13.5. The van der Waals surface area contributed by atoms with Crippen LogP contribution in [0.1, 0.15) is 18.7 Å². The van der Waals surface area contributed by atoms with Gasteiger partial charge in [0.15, 0.2) is 0 Å². The fourth-order valence-electron chi connectivity index (χ4n) is 3.10. The third-order valence-electron chi connectivity index (χ3n) is 4.54. The Kier molecular flexibility index (Phi) is 3.07. The molecule has 7 nitrogen and oxygen atoms in total. The third-order valence-corrected chi connectivity index (χ3v) is 4.54. The van der Waals surface area contributed by atoms with Gasteiger partial charge >= 0.3 is 5.69 Å². The lowest BCUT2D eigenvalue weighted by Gasteiger charge is -2.34. The molecule has 2 aliphatic rings. The van der Waals surface area contributed by atoms with Crippen molar-refractivity contribution in [3.05, 3.63) is 32.6 Å². The minimum Gasteiger partial charge on any atom is -0.393 e. The molecule has 2 bridgehead atoms. The topological polar surface area (TPSA) is 93.6 Å². The molecule has 110 valence electrons. The quantitative estimate of drug-likeness (QED) is 0.754. The first-order chi connectivity index (χ1) is 9.48. The number of ether oxygens (including phenoxy) is 2. The van der Waals surface area contributed by atoms with Crippen molar-refractivity contribution < 1.29 is 14.6 Å². The number of hydrogen-bond acceptors (Lipinski definition) is 5. The van der Waals surface area contributed by atoms with Crippen molar-refractivity contribution in [2.45, 2.75) is 25.7 Å². The summed E-state index contributed by atoms with van der Waals surface area (Å²) < 4.78 is 12.8. The Bertz CT molecular complexity index is 636. The van der Waals surface area contributed by atoms with Crippen molar-refractivity contribution in [3.63, 3.8) is 0 Å². The van der Waals surface area contributed by atoms with Crippen LogP contribution in [0.25, 0.3) is 0 Å². The van der Waals surface area contributed by atoms with Crippen LogP contribution in [0.3, 0.4) is 0 Å². The van der Waals surface area contributed by atoms with Crippen molar-refractivity contribution in [1.29, 1.82) is 0 Å². The number of nitrogens with zero attached hydrogens (tertiary/aromatic N) is 1. The molecule has 0 aliphatic carbocycles. The number of nitrogens with one attached hydrogen (secondary N) is 1. The zero-order valence-electron chi connectivity index (χ0n) is 11.5. The Morgan fingerprint density at radius 1 is 1.55 bits per heavy atom. The minimum atomic E-state index is -0.767. The molecule has 0 radical (unpaired) electrons. The van der Waals surface area contributed by atoms with Crippen LogP contribution >= 0.6 is 0 Å². The Hall–Kier alpha value is -1.44. The van der Waals surface area contributed by atoms with Crippen LogP contribution < -0.4 is 11.2 Å². The van der Waals surface area contributed by atoms with Gasteiger partial charge in [-0.2, -0.15) is 0 Å². The molecule has 0 spiro atoms. The van der Waals surface area contributed by atoms with E-state index in [0.717, 1.165) is 0 Å². The minimum absolute atomic E-state index is 0.0288. The van der Waals surface area contributed by atoms with Gasteiger partial charge in [-0.3, -0.25) is 14.3 Å². The molecule has 4 atom stereocenters. The normalized spacial score (nSPS) is 36.2. The number of aromatic nitrogens is 2. The standard InChI is InChI=1S/C13H18N2O5/c1-7-3-15(12(18)14-10(7)17)11-9-4-19-6-13(5-16,20-11)8(9)2/h3,8-9,11,16H,4-6H2,1-2H3,(H,14,17,18)/t8-,9?,11-,13+/m1/s1. The van der Waals surface area contributed by atoms with E-state index in [1.54, 1.807) is 6.92 Å². The Morgan fingerprint density at radius 3 is 2.95 bits per heavy atom. The van der Waals surface area contributed by atoms with E-state index in [9.17, 15) is 14.7 Å². The van der Waals surface area contributed by atoms with E-state index in [4.69, 9.17) is 9.47 Å². The molecule has 3 heterocycles. The number of hydrogen-bond donors (Lipinski definition) is 2. The summed E-state index contributed by atoms with van der Waals surface area (Å²) >= 11 is 0. The Morgan fingerprint density at radius 2 is 2.30 bits per heavy atom. The molecule has 2 fully saturated rings. The zero-order valence-corrected chi connectivity index (χ0v) is 11.5. The van der Waals surface area contributed by atoms with Crippen LogP contribution in [0.15, 0.2) is 15.8 Å². The molecule has 2 N–H and O–H groups in total. The predicted molar refractivity (Wildman–Crippen MR) is 69.5 cm³/mol. The van der Waals surface area contributed by atoms with Gasteiger partial charge in [0.25, 0.3) is 5.56 Å². The lowest BCUT2D eigenvalue weighted by Crippen LogP contribution is -2.47. The van der Waals surface area contributed by atoms with E-state index in [2.05, 4.69) is 4.98 Å². The first-order valence-electron chi connectivity index (χ1n) is 6.67. The highest BCUT2D eigenvalue weighted by Crippen LogP contribution is 2.48. The third kappa shape index (κ3) is 1.77. The SMILES string of the molecule is Cc1cn([C@@H]2O[C@@]3(CO)COCC2[C@H]3C)c(=O)[nH]c1=O. The van der Waals surface area contributed by atoms with Crippen molar-refractivity contribution in [2.75, 3.05) is 19.8 Å². The number of aliphatic hydroxyl groups excluding tert-OH is 1. The smallest absolute Gasteiger partial charge is 0.330 e. The van der Waals surface area contributed by atoms with Crippen LogP contribution in [-0.4, -0.2) is 40.1 Å². The van der Waals surface area contributed by atoms with Crippen LogP contribution in [-0.2, 0) is 9.47 Å². The molecule has 1 aromatic heterocycles. The van der Waals surface area contributed by atoms with Gasteiger partial charge in [0, 0.05) is 17.7 Å². The summed E-state index contributed by atoms with van der Waals surface area (Å²) in [5.41, 5.74) is -1.22. The van der Waals surface area contributed by atoms with Gasteiger partial charge in [-0.1, -0.05) is 6.92 Å². The van der Waals surface area contributed by atoms with Crippen LogP contribution in [0.5, 0.6) is 0 Å². The number of aromatic amines is 1. The fraction of sp³-hybridized carbons (Fsp3) is 0.692. The largest absolute Gasteiger partial charge is 0.393 e. The summed E-state index contributed by atoms with van der Waals surface area (Å²) in [7, 11) is 0. The lowest BCUT2D eigenvalue weighted by atomic mass is 9.81. The second-order valence-corrected chi connectivity index (χ2v) is 5.68. The van der Waals surface area contributed by atoms with Crippen LogP contribution in [0.2, 0.25) is 0 Å². The predicted octanol–water partition coefficient (Wildman–Crippen LogP) is -0.613. The van der Waals surface area contributed by atoms with Gasteiger partial charge in [-0.25, -0.2) is 4.79 Å². The molecular formula is C13H18N2O5. The van der Waals surface area contributed by atoms with Crippen molar-refractivity contribution >= 4 is 0 Å². The second-order valence-electron chi connectivity index (χ2n) is 5.68. The van der Waals surface area contributed by atoms with Gasteiger partial charge in [0.2, 0.25) is 0 Å². The molecule has 2 aliphatic heterocycles. The summed E-state index contributed by atoms with van der Waals surface area (Å²) in [4.78, 5) is 25.7. The number of rotatable bonds is 2. The van der Waals surface area contributed by atoms with Gasteiger partial charge in [0.05, 0.1) is 19.8 Å².